The van der Waals surface area contributed by atoms with Crippen LogP contribution in [0.15, 0.2) is 36.4 Å². The SMILES string of the molecule is Cc1ccc(C(=O)CCC(=O)Nc2ccc(I)cc2C(=O)O)cc1C. The predicted molar refractivity (Wildman–Crippen MR) is 104 cm³/mol. The van der Waals surface area contributed by atoms with Gasteiger partial charge in [0, 0.05) is 22.0 Å². The van der Waals surface area contributed by atoms with E-state index in [9.17, 15) is 19.5 Å². The highest BCUT2D eigenvalue weighted by Gasteiger charge is 2.15. The molecule has 2 N–H and O–H groups in total. The van der Waals surface area contributed by atoms with E-state index in [-0.39, 0.29) is 35.8 Å². The molecule has 6 heteroatoms. The maximum atomic E-state index is 12.2. The predicted octanol–water partition coefficient (Wildman–Crippen LogP) is 4.21. The van der Waals surface area contributed by atoms with Crippen LogP contribution in [0, 0.1) is 17.4 Å². The number of hydrogen-bond acceptors (Lipinski definition) is 3. The molecule has 2 aromatic rings. The van der Waals surface area contributed by atoms with Gasteiger partial charge in [0.15, 0.2) is 5.78 Å². The smallest absolute Gasteiger partial charge is 0.337 e. The van der Waals surface area contributed by atoms with E-state index in [0.29, 0.717) is 5.56 Å². The number of rotatable bonds is 6. The zero-order chi connectivity index (χ0) is 18.6. The number of nitrogens with one attached hydrogen (secondary N) is 1. The Kier molecular flexibility index (Phi) is 6.30. The van der Waals surface area contributed by atoms with Crippen molar-refractivity contribution in [1.82, 2.24) is 0 Å². The molecule has 0 radical (unpaired) electrons. The number of ketones is 1. The van der Waals surface area contributed by atoms with Crippen LogP contribution in [-0.2, 0) is 4.79 Å². The Balaban J connectivity index is 2.00. The highest BCUT2D eigenvalue weighted by atomic mass is 127. The lowest BCUT2D eigenvalue weighted by atomic mass is 10.0. The van der Waals surface area contributed by atoms with E-state index >= 15 is 0 Å². The van der Waals surface area contributed by atoms with Crippen LogP contribution < -0.4 is 5.32 Å². The van der Waals surface area contributed by atoms with Crippen LogP contribution in [0.5, 0.6) is 0 Å². The molecule has 1 amide bonds. The first kappa shape index (κ1) is 19.1. The number of halogens is 1. The van der Waals surface area contributed by atoms with E-state index in [1.807, 2.05) is 48.6 Å². The summed E-state index contributed by atoms with van der Waals surface area (Å²) in [4.78, 5) is 35.5. The Bertz CT molecular complexity index is 845. The third-order valence-corrected chi connectivity index (χ3v) is 4.57. The molecule has 0 heterocycles. The molecule has 2 aromatic carbocycles. The number of Topliss-reactive ketones (excluding diaryl/α,β-unsaturated/α-hetero) is 1. The van der Waals surface area contributed by atoms with Crippen LogP contribution in [0.2, 0.25) is 0 Å². The summed E-state index contributed by atoms with van der Waals surface area (Å²) in [5.74, 6) is -1.61. The number of benzene rings is 2. The highest BCUT2D eigenvalue weighted by Crippen LogP contribution is 2.20. The summed E-state index contributed by atoms with van der Waals surface area (Å²) in [6.07, 6.45) is 0.0674. The molecule has 0 atom stereocenters. The van der Waals surface area contributed by atoms with Gasteiger partial charge in [-0.3, -0.25) is 9.59 Å². The molecule has 0 aliphatic heterocycles. The van der Waals surface area contributed by atoms with E-state index in [0.717, 1.165) is 14.7 Å². The number of anilines is 1. The van der Waals surface area contributed by atoms with Crippen molar-refractivity contribution >= 4 is 45.9 Å². The summed E-state index contributed by atoms with van der Waals surface area (Å²) in [6.45, 7) is 3.90. The van der Waals surface area contributed by atoms with Gasteiger partial charge in [-0.1, -0.05) is 12.1 Å². The Morgan fingerprint density at radius 1 is 1.00 bits per heavy atom. The lowest BCUT2D eigenvalue weighted by Gasteiger charge is -2.09. The quantitative estimate of drug-likeness (QED) is 0.509. The Labute approximate surface area is 159 Å². The lowest BCUT2D eigenvalue weighted by molar-refractivity contribution is -0.116. The molecule has 0 bridgehead atoms. The van der Waals surface area contributed by atoms with Crippen LogP contribution in [0.3, 0.4) is 0 Å². The van der Waals surface area contributed by atoms with Crippen molar-refractivity contribution in [2.45, 2.75) is 26.7 Å². The standard InChI is InChI=1S/C19H18INO4/c1-11-3-4-13(9-12(11)2)17(22)7-8-18(23)21-16-6-5-14(20)10-15(16)19(24)25/h3-6,9-10H,7-8H2,1-2H3,(H,21,23)(H,24,25). The molecule has 0 aliphatic carbocycles. The number of aryl methyl sites for hydroxylation is 2. The zero-order valence-electron chi connectivity index (χ0n) is 13.9. The van der Waals surface area contributed by atoms with Gasteiger partial charge >= 0.3 is 5.97 Å². The fourth-order valence-electron chi connectivity index (χ4n) is 2.30. The summed E-state index contributed by atoms with van der Waals surface area (Å²) in [7, 11) is 0. The average molecular weight is 451 g/mol. The van der Waals surface area contributed by atoms with Crippen LogP contribution >= 0.6 is 22.6 Å². The van der Waals surface area contributed by atoms with Gasteiger partial charge in [0.2, 0.25) is 5.91 Å². The van der Waals surface area contributed by atoms with Gasteiger partial charge < -0.3 is 10.4 Å². The second-order valence-electron chi connectivity index (χ2n) is 5.77. The molecule has 0 saturated heterocycles. The van der Waals surface area contributed by atoms with Gasteiger partial charge in [0.05, 0.1) is 11.3 Å². The summed E-state index contributed by atoms with van der Waals surface area (Å²) in [5, 5.41) is 11.8. The van der Waals surface area contributed by atoms with E-state index < -0.39 is 5.97 Å². The molecule has 0 aliphatic rings. The Morgan fingerprint density at radius 3 is 2.36 bits per heavy atom. The van der Waals surface area contributed by atoms with E-state index in [1.165, 1.54) is 6.07 Å². The molecule has 0 spiro atoms. The largest absolute Gasteiger partial charge is 0.478 e. The van der Waals surface area contributed by atoms with E-state index in [2.05, 4.69) is 5.32 Å². The van der Waals surface area contributed by atoms with E-state index in [1.54, 1.807) is 18.2 Å². The van der Waals surface area contributed by atoms with Crippen LogP contribution in [-0.4, -0.2) is 22.8 Å². The average Bonchev–Trinajstić information content (AvgIpc) is 2.56. The maximum absolute atomic E-state index is 12.2. The van der Waals surface area contributed by atoms with E-state index in [4.69, 9.17) is 0 Å². The summed E-state index contributed by atoms with van der Waals surface area (Å²) in [6, 6.07) is 10.2. The summed E-state index contributed by atoms with van der Waals surface area (Å²) < 4.78 is 0.762. The second kappa shape index (κ2) is 8.24. The molecular weight excluding hydrogens is 433 g/mol. The zero-order valence-corrected chi connectivity index (χ0v) is 16.1. The fourth-order valence-corrected chi connectivity index (χ4v) is 2.79. The van der Waals surface area contributed by atoms with Crippen molar-refractivity contribution in [3.05, 3.63) is 62.2 Å². The van der Waals surface area contributed by atoms with Crippen molar-refractivity contribution < 1.29 is 19.5 Å². The monoisotopic (exact) mass is 451 g/mol. The second-order valence-corrected chi connectivity index (χ2v) is 7.01. The minimum Gasteiger partial charge on any atom is -0.478 e. The number of carboxylic acids is 1. The van der Waals surface area contributed by atoms with Gasteiger partial charge in [-0.2, -0.15) is 0 Å². The van der Waals surface area contributed by atoms with Crippen LogP contribution in [0.25, 0.3) is 0 Å². The minimum absolute atomic E-state index is 0.00317. The molecule has 0 fully saturated rings. The van der Waals surface area contributed by atoms with Gasteiger partial charge in [-0.05, 0) is 71.8 Å². The minimum atomic E-state index is -1.11. The molecule has 130 valence electrons. The van der Waals surface area contributed by atoms with Gasteiger partial charge in [0.1, 0.15) is 0 Å². The van der Waals surface area contributed by atoms with Crippen molar-refractivity contribution in [2.75, 3.05) is 5.32 Å². The number of aromatic carboxylic acids is 1. The van der Waals surface area contributed by atoms with Crippen molar-refractivity contribution in [1.29, 1.82) is 0 Å². The Hall–Kier alpha value is -2.22. The number of carboxylic acid groups (broad SMARTS) is 1. The third kappa shape index (κ3) is 5.12. The number of carbonyl (C=O) groups is 3. The summed E-state index contributed by atoms with van der Waals surface area (Å²) in [5.41, 5.74) is 2.98. The van der Waals surface area contributed by atoms with Crippen molar-refractivity contribution in [3.63, 3.8) is 0 Å². The molecule has 0 saturated carbocycles. The Morgan fingerprint density at radius 2 is 1.72 bits per heavy atom. The fraction of sp³-hybridized carbons (Fsp3) is 0.211. The number of hydrogen-bond donors (Lipinski definition) is 2. The van der Waals surface area contributed by atoms with Crippen LogP contribution in [0.4, 0.5) is 5.69 Å². The molecule has 0 aromatic heterocycles. The first-order valence-electron chi connectivity index (χ1n) is 7.71. The third-order valence-electron chi connectivity index (χ3n) is 3.89. The highest BCUT2D eigenvalue weighted by molar-refractivity contribution is 14.1. The topological polar surface area (TPSA) is 83.5 Å². The van der Waals surface area contributed by atoms with Crippen molar-refractivity contribution in [3.8, 4) is 0 Å². The van der Waals surface area contributed by atoms with Gasteiger partial charge in [0.25, 0.3) is 0 Å². The molecular formula is C19H18INO4. The van der Waals surface area contributed by atoms with Crippen LogP contribution in [0.1, 0.15) is 44.7 Å². The first-order valence-corrected chi connectivity index (χ1v) is 8.79. The molecule has 0 unspecified atom stereocenters. The van der Waals surface area contributed by atoms with Gasteiger partial charge in [-0.25, -0.2) is 4.79 Å². The number of amides is 1. The molecule has 25 heavy (non-hydrogen) atoms. The van der Waals surface area contributed by atoms with Crippen molar-refractivity contribution in [2.24, 2.45) is 0 Å². The normalized spacial score (nSPS) is 10.4. The summed E-state index contributed by atoms with van der Waals surface area (Å²) >= 11 is 2.01. The lowest BCUT2D eigenvalue weighted by Crippen LogP contribution is -2.16. The first-order chi connectivity index (χ1) is 11.8. The maximum Gasteiger partial charge on any atom is 0.337 e. The van der Waals surface area contributed by atoms with Gasteiger partial charge in [-0.15, -0.1) is 0 Å². The molecule has 5 nitrogen and oxygen atoms in total. The molecule has 2 rings (SSSR count). The number of carbonyl (C=O) groups excluding carboxylic acids is 2.